The number of nitro groups is 1. The molecule has 2 heterocycles. The third kappa shape index (κ3) is 3.99. The van der Waals surface area contributed by atoms with Crippen LogP contribution in [0.5, 0.6) is 0 Å². The first-order valence-corrected chi connectivity index (χ1v) is 9.64. The molecule has 0 fully saturated rings. The summed E-state index contributed by atoms with van der Waals surface area (Å²) in [5.74, 6) is 0.119. The van der Waals surface area contributed by atoms with Crippen molar-refractivity contribution in [2.24, 2.45) is 5.10 Å². The van der Waals surface area contributed by atoms with Crippen molar-refractivity contribution >= 4 is 29.0 Å². The minimum Gasteiger partial charge on any atom is -0.360 e. The van der Waals surface area contributed by atoms with E-state index in [1.165, 1.54) is 35.2 Å². The van der Waals surface area contributed by atoms with Crippen LogP contribution < -0.4 is 10.3 Å². The fourth-order valence-electron chi connectivity index (χ4n) is 4.09. The zero-order valence-electron chi connectivity index (χ0n) is 17.7. The highest BCUT2D eigenvalue weighted by atomic mass is 16.6. The Morgan fingerprint density at radius 3 is 2.69 bits per heavy atom. The van der Waals surface area contributed by atoms with E-state index in [0.717, 1.165) is 11.1 Å². The van der Waals surface area contributed by atoms with Gasteiger partial charge in [0.2, 0.25) is 5.82 Å². The fourth-order valence-corrected chi connectivity index (χ4v) is 4.09. The first kappa shape index (κ1) is 20.5. The molecule has 0 radical (unpaired) electrons. The zero-order valence-corrected chi connectivity index (χ0v) is 17.7. The van der Waals surface area contributed by atoms with Gasteiger partial charge in [0.15, 0.2) is 0 Å². The molecule has 7 heteroatoms. The topological polar surface area (TPSA) is 83.7 Å². The summed E-state index contributed by atoms with van der Waals surface area (Å²) in [4.78, 5) is 17.1. The number of rotatable bonds is 5. The molecule has 1 N–H and O–H groups in total. The maximum absolute atomic E-state index is 11.1. The number of pyridine rings is 1. The normalized spacial score (nSPS) is 15.4. The Morgan fingerprint density at radius 2 is 2.03 bits per heavy atom. The van der Waals surface area contributed by atoms with Crippen LogP contribution >= 0.6 is 0 Å². The highest BCUT2D eigenvalue weighted by Gasteiger charge is 2.33. The number of fused-ring (bicyclic) bond motifs is 1. The number of hydrazone groups is 1. The second-order valence-electron chi connectivity index (χ2n) is 8.17. The largest absolute Gasteiger partial charge is 0.360 e. The number of nitrogens with zero attached hydrogens (tertiary/aromatic N) is 4. The number of anilines is 2. The highest BCUT2D eigenvalue weighted by molar-refractivity contribution is 5.89. The lowest BCUT2D eigenvalue weighted by atomic mass is 9.86. The van der Waals surface area contributed by atoms with Crippen LogP contribution in [-0.4, -0.2) is 27.7 Å². The predicted octanol–water partition coefficient (Wildman–Crippen LogP) is 5.15. The quantitative estimate of drug-likeness (QED) is 0.431. The SMILES string of the molecule is CC1=CC(C)(C)N(C(C)C)c2cc(C)c(/C=N\Nc3ncccc3[N+](=O)[O-])cc21. The van der Waals surface area contributed by atoms with Crippen molar-refractivity contribution in [3.05, 3.63) is 63.3 Å². The van der Waals surface area contributed by atoms with E-state index in [9.17, 15) is 10.1 Å². The predicted molar refractivity (Wildman–Crippen MR) is 119 cm³/mol. The van der Waals surface area contributed by atoms with Crippen LogP contribution in [0.3, 0.4) is 0 Å². The Hall–Kier alpha value is -3.22. The molecule has 0 spiro atoms. The molecule has 1 aromatic heterocycles. The molecule has 3 rings (SSSR count). The van der Waals surface area contributed by atoms with Gasteiger partial charge in [0, 0.05) is 29.6 Å². The molecule has 0 saturated heterocycles. The van der Waals surface area contributed by atoms with Gasteiger partial charge in [-0.1, -0.05) is 6.08 Å². The Labute approximate surface area is 171 Å². The molecular weight excluding hydrogens is 366 g/mol. The van der Waals surface area contributed by atoms with Crippen LogP contribution in [0.25, 0.3) is 5.57 Å². The minimum absolute atomic E-state index is 0.0627. The van der Waals surface area contributed by atoms with Gasteiger partial charge in [-0.3, -0.25) is 15.5 Å². The molecule has 2 aromatic rings. The Bertz CT molecular complexity index is 1010. The van der Waals surface area contributed by atoms with E-state index >= 15 is 0 Å². The van der Waals surface area contributed by atoms with Crippen LogP contribution in [0, 0.1) is 17.0 Å². The van der Waals surface area contributed by atoms with E-state index in [2.05, 4.69) is 73.2 Å². The molecule has 0 bridgehead atoms. The lowest BCUT2D eigenvalue weighted by molar-refractivity contribution is -0.384. The van der Waals surface area contributed by atoms with E-state index < -0.39 is 4.92 Å². The minimum atomic E-state index is -0.481. The number of nitrogens with one attached hydrogen (secondary N) is 1. The average molecular weight is 393 g/mol. The lowest BCUT2D eigenvalue weighted by Crippen LogP contribution is -2.49. The molecule has 0 atom stereocenters. The van der Waals surface area contributed by atoms with Gasteiger partial charge in [0.05, 0.1) is 16.7 Å². The summed E-state index contributed by atoms with van der Waals surface area (Å²) in [6, 6.07) is 7.60. The number of hydrogen-bond donors (Lipinski definition) is 1. The Kier molecular flexibility index (Phi) is 5.42. The number of benzene rings is 1. The van der Waals surface area contributed by atoms with E-state index in [1.807, 2.05) is 6.92 Å². The Balaban J connectivity index is 1.95. The number of aromatic nitrogens is 1. The van der Waals surface area contributed by atoms with Crippen LogP contribution in [0.2, 0.25) is 0 Å². The third-order valence-electron chi connectivity index (χ3n) is 5.13. The molecule has 1 aromatic carbocycles. The number of allylic oxidation sites excluding steroid dienone is 1. The second kappa shape index (κ2) is 7.66. The summed E-state index contributed by atoms with van der Waals surface area (Å²) in [6.45, 7) is 13.0. The van der Waals surface area contributed by atoms with E-state index in [1.54, 1.807) is 6.21 Å². The van der Waals surface area contributed by atoms with Crippen LogP contribution in [0.1, 0.15) is 51.3 Å². The number of aryl methyl sites for hydroxylation is 1. The van der Waals surface area contributed by atoms with Gasteiger partial charge in [-0.25, -0.2) is 4.98 Å². The molecular formula is C22H27N5O2. The molecule has 0 unspecified atom stereocenters. The van der Waals surface area contributed by atoms with Gasteiger partial charge in [-0.15, -0.1) is 0 Å². The van der Waals surface area contributed by atoms with Crippen molar-refractivity contribution < 1.29 is 4.92 Å². The maximum Gasteiger partial charge on any atom is 0.313 e. The summed E-state index contributed by atoms with van der Waals surface area (Å²) in [5.41, 5.74) is 8.17. The van der Waals surface area contributed by atoms with E-state index in [4.69, 9.17) is 0 Å². The fraction of sp³-hybridized carbons (Fsp3) is 0.364. The van der Waals surface area contributed by atoms with Crippen molar-refractivity contribution in [2.75, 3.05) is 10.3 Å². The number of hydrogen-bond acceptors (Lipinski definition) is 6. The summed E-state index contributed by atoms with van der Waals surface area (Å²) in [6.07, 6.45) is 5.47. The first-order chi connectivity index (χ1) is 13.6. The Morgan fingerprint density at radius 1 is 1.31 bits per heavy atom. The van der Waals surface area contributed by atoms with Crippen LogP contribution in [0.15, 0.2) is 41.6 Å². The summed E-state index contributed by atoms with van der Waals surface area (Å²) < 4.78 is 0. The molecule has 1 aliphatic rings. The maximum atomic E-state index is 11.1. The second-order valence-corrected chi connectivity index (χ2v) is 8.17. The van der Waals surface area contributed by atoms with Gasteiger partial charge < -0.3 is 4.90 Å². The molecule has 1 aliphatic heterocycles. The van der Waals surface area contributed by atoms with E-state index in [0.29, 0.717) is 6.04 Å². The summed E-state index contributed by atoms with van der Waals surface area (Å²) in [5, 5.41) is 15.3. The molecule has 0 amide bonds. The van der Waals surface area contributed by atoms with Crippen molar-refractivity contribution in [1.29, 1.82) is 0 Å². The van der Waals surface area contributed by atoms with Crippen molar-refractivity contribution in [1.82, 2.24) is 4.98 Å². The molecule has 7 nitrogen and oxygen atoms in total. The van der Waals surface area contributed by atoms with Crippen molar-refractivity contribution in [3.63, 3.8) is 0 Å². The van der Waals surface area contributed by atoms with Gasteiger partial charge in [-0.2, -0.15) is 5.10 Å². The zero-order chi connectivity index (χ0) is 21.3. The first-order valence-electron chi connectivity index (χ1n) is 9.64. The van der Waals surface area contributed by atoms with Gasteiger partial charge in [-0.05, 0) is 76.4 Å². The molecule has 29 heavy (non-hydrogen) atoms. The van der Waals surface area contributed by atoms with Crippen molar-refractivity contribution in [2.45, 2.75) is 53.1 Å². The molecule has 0 aliphatic carbocycles. The average Bonchev–Trinajstić information content (AvgIpc) is 2.61. The van der Waals surface area contributed by atoms with E-state index in [-0.39, 0.29) is 17.0 Å². The third-order valence-corrected chi connectivity index (χ3v) is 5.13. The van der Waals surface area contributed by atoms with Gasteiger partial charge in [0.1, 0.15) is 0 Å². The highest BCUT2D eigenvalue weighted by Crippen LogP contribution is 2.41. The molecule has 0 saturated carbocycles. The van der Waals surface area contributed by atoms with Crippen LogP contribution in [0.4, 0.5) is 17.2 Å². The van der Waals surface area contributed by atoms with Crippen LogP contribution in [-0.2, 0) is 0 Å². The summed E-state index contributed by atoms with van der Waals surface area (Å²) in [7, 11) is 0. The van der Waals surface area contributed by atoms with Gasteiger partial charge in [0.25, 0.3) is 0 Å². The lowest BCUT2D eigenvalue weighted by Gasteiger charge is -2.46. The standard InChI is InChI=1S/C22H27N5O2/c1-14(2)26-20-10-15(3)17(11-18(20)16(4)12-22(26,5)6)13-24-25-21-19(27(28)29)8-7-9-23-21/h7-14H,1-6H3,(H,23,25)/b24-13-. The van der Waals surface area contributed by atoms with Crippen molar-refractivity contribution in [3.8, 4) is 0 Å². The van der Waals surface area contributed by atoms with Gasteiger partial charge >= 0.3 is 5.69 Å². The summed E-state index contributed by atoms with van der Waals surface area (Å²) >= 11 is 0. The smallest absolute Gasteiger partial charge is 0.313 e. The monoisotopic (exact) mass is 393 g/mol. The molecule has 152 valence electrons.